The maximum atomic E-state index is 9.08. The summed E-state index contributed by atoms with van der Waals surface area (Å²) in [4.78, 5) is 5.25. The largest absolute Gasteiger partial charge is 0.390 e. The number of fused-ring (bicyclic) bond motifs is 1. The maximum absolute atomic E-state index is 9.08. The second-order valence-electron chi connectivity index (χ2n) is 4.03. The van der Waals surface area contributed by atoms with Gasteiger partial charge in [-0.15, -0.1) is 11.3 Å². The first-order valence-corrected chi connectivity index (χ1v) is 6.29. The number of hydrogen-bond donors (Lipinski definition) is 1. The number of benzene rings is 1. The molecule has 0 aliphatic heterocycles. The third-order valence-electron chi connectivity index (χ3n) is 2.77. The second-order valence-corrected chi connectivity index (χ2v) is 4.87. The molecule has 0 radical (unpaired) electrons. The van der Waals surface area contributed by atoms with Gasteiger partial charge in [-0.1, -0.05) is 29.8 Å². The van der Waals surface area contributed by atoms with E-state index in [1.54, 1.807) is 11.3 Å². The number of aryl methyl sites for hydroxylation is 1. The Hall–Kier alpha value is -1.65. The van der Waals surface area contributed by atoms with E-state index in [0.29, 0.717) is 5.69 Å². The normalized spacial score (nSPS) is 11.2. The monoisotopic (exact) mass is 244 g/mol. The minimum atomic E-state index is -0.0122. The third kappa shape index (κ3) is 1.75. The van der Waals surface area contributed by atoms with Gasteiger partial charge in [0.2, 0.25) is 0 Å². The van der Waals surface area contributed by atoms with Crippen molar-refractivity contribution in [3.63, 3.8) is 0 Å². The van der Waals surface area contributed by atoms with Gasteiger partial charge in [0.1, 0.15) is 0 Å². The van der Waals surface area contributed by atoms with Gasteiger partial charge in [0.15, 0.2) is 4.96 Å². The quantitative estimate of drug-likeness (QED) is 0.752. The molecule has 1 aromatic carbocycles. The highest BCUT2D eigenvalue weighted by molar-refractivity contribution is 7.15. The number of hydrogen-bond acceptors (Lipinski definition) is 3. The summed E-state index contributed by atoms with van der Waals surface area (Å²) < 4.78 is 2.03. The van der Waals surface area contributed by atoms with Crippen LogP contribution >= 0.6 is 11.3 Å². The summed E-state index contributed by atoms with van der Waals surface area (Å²) in [6.45, 7) is 2.07. The lowest BCUT2D eigenvalue weighted by Crippen LogP contribution is -1.84. The standard InChI is InChI=1S/C13H12N2OS/c1-9-2-4-10(5-3-9)12-8-17-13-14-11(7-16)6-15(12)13/h2-6,8,16H,7H2,1H3. The van der Waals surface area contributed by atoms with Crippen LogP contribution in [-0.4, -0.2) is 14.5 Å². The maximum Gasteiger partial charge on any atom is 0.194 e. The van der Waals surface area contributed by atoms with Crippen LogP contribution in [0.25, 0.3) is 16.2 Å². The van der Waals surface area contributed by atoms with Crippen molar-refractivity contribution >= 4 is 16.3 Å². The molecule has 3 aromatic rings. The minimum absolute atomic E-state index is 0.0122. The fourth-order valence-electron chi connectivity index (χ4n) is 1.84. The molecule has 0 aliphatic rings. The number of aliphatic hydroxyl groups excluding tert-OH is 1. The van der Waals surface area contributed by atoms with E-state index in [1.807, 2.05) is 10.6 Å². The lowest BCUT2D eigenvalue weighted by atomic mass is 10.1. The van der Waals surface area contributed by atoms with Crippen LogP contribution in [0.1, 0.15) is 11.3 Å². The molecule has 2 aromatic heterocycles. The summed E-state index contributed by atoms with van der Waals surface area (Å²) in [5, 5.41) is 11.2. The molecule has 0 saturated heterocycles. The number of nitrogens with zero attached hydrogens (tertiary/aromatic N) is 2. The van der Waals surface area contributed by atoms with E-state index in [2.05, 4.69) is 41.6 Å². The van der Waals surface area contributed by atoms with Crippen LogP contribution in [0, 0.1) is 6.92 Å². The summed E-state index contributed by atoms with van der Waals surface area (Å²) >= 11 is 1.59. The van der Waals surface area contributed by atoms with Crippen molar-refractivity contribution in [2.24, 2.45) is 0 Å². The van der Waals surface area contributed by atoms with Crippen LogP contribution < -0.4 is 0 Å². The topological polar surface area (TPSA) is 37.5 Å². The molecule has 0 amide bonds. The molecule has 2 heterocycles. The summed E-state index contributed by atoms with van der Waals surface area (Å²) in [5.41, 5.74) is 4.26. The van der Waals surface area contributed by atoms with Crippen molar-refractivity contribution in [2.75, 3.05) is 0 Å². The molecule has 0 aliphatic carbocycles. The Morgan fingerprint density at radius 3 is 2.76 bits per heavy atom. The van der Waals surface area contributed by atoms with Crippen molar-refractivity contribution in [3.8, 4) is 11.3 Å². The van der Waals surface area contributed by atoms with Crippen LogP contribution in [0.3, 0.4) is 0 Å². The molecule has 0 unspecified atom stereocenters. The average molecular weight is 244 g/mol. The highest BCUT2D eigenvalue weighted by Gasteiger charge is 2.08. The van der Waals surface area contributed by atoms with Gasteiger partial charge in [-0.2, -0.15) is 0 Å². The van der Waals surface area contributed by atoms with E-state index in [4.69, 9.17) is 5.11 Å². The van der Waals surface area contributed by atoms with Gasteiger partial charge in [0, 0.05) is 11.6 Å². The lowest BCUT2D eigenvalue weighted by Gasteiger charge is -2.00. The first kappa shape index (κ1) is 10.5. The first-order chi connectivity index (χ1) is 8.28. The highest BCUT2D eigenvalue weighted by atomic mass is 32.1. The molecule has 0 saturated carbocycles. The summed E-state index contributed by atoms with van der Waals surface area (Å²) in [5.74, 6) is 0. The van der Waals surface area contributed by atoms with E-state index in [0.717, 1.165) is 10.7 Å². The molecule has 3 nitrogen and oxygen atoms in total. The molecule has 0 spiro atoms. The van der Waals surface area contributed by atoms with Crippen LogP contribution in [-0.2, 0) is 6.61 Å². The Labute approximate surface area is 103 Å². The average Bonchev–Trinajstić information content (AvgIpc) is 2.89. The molecule has 1 N–H and O–H groups in total. The molecule has 0 bridgehead atoms. The fraction of sp³-hybridized carbons (Fsp3) is 0.154. The van der Waals surface area contributed by atoms with Gasteiger partial charge >= 0.3 is 0 Å². The number of imidazole rings is 1. The predicted octanol–water partition coefficient (Wildman–Crippen LogP) is 2.86. The van der Waals surface area contributed by atoms with E-state index in [1.165, 1.54) is 11.1 Å². The van der Waals surface area contributed by atoms with Crippen molar-refractivity contribution in [1.82, 2.24) is 9.38 Å². The Kier molecular flexibility index (Phi) is 2.46. The van der Waals surface area contributed by atoms with E-state index >= 15 is 0 Å². The van der Waals surface area contributed by atoms with Crippen LogP contribution in [0.15, 0.2) is 35.8 Å². The van der Waals surface area contributed by atoms with Crippen LogP contribution in [0.2, 0.25) is 0 Å². The summed E-state index contributed by atoms with van der Waals surface area (Å²) in [7, 11) is 0. The number of aromatic nitrogens is 2. The van der Waals surface area contributed by atoms with E-state index < -0.39 is 0 Å². The number of thiazole rings is 1. The molecule has 3 rings (SSSR count). The number of rotatable bonds is 2. The lowest BCUT2D eigenvalue weighted by molar-refractivity contribution is 0.277. The Bertz CT molecular complexity index is 652. The second kappa shape index (κ2) is 3.98. The molecule has 17 heavy (non-hydrogen) atoms. The molecular formula is C13H12N2OS. The molecule has 4 heteroatoms. The van der Waals surface area contributed by atoms with E-state index in [-0.39, 0.29) is 6.61 Å². The predicted molar refractivity (Wildman–Crippen MR) is 69.2 cm³/mol. The highest BCUT2D eigenvalue weighted by Crippen LogP contribution is 2.26. The number of aliphatic hydroxyl groups is 1. The zero-order chi connectivity index (χ0) is 11.8. The van der Waals surface area contributed by atoms with Crippen LogP contribution in [0.5, 0.6) is 0 Å². The summed E-state index contributed by atoms with van der Waals surface area (Å²) in [6, 6.07) is 8.41. The smallest absolute Gasteiger partial charge is 0.194 e. The zero-order valence-corrected chi connectivity index (χ0v) is 10.2. The Morgan fingerprint density at radius 1 is 1.29 bits per heavy atom. The Morgan fingerprint density at radius 2 is 2.06 bits per heavy atom. The van der Waals surface area contributed by atoms with E-state index in [9.17, 15) is 0 Å². The zero-order valence-electron chi connectivity index (χ0n) is 9.42. The van der Waals surface area contributed by atoms with Gasteiger partial charge in [-0.05, 0) is 12.5 Å². The first-order valence-electron chi connectivity index (χ1n) is 5.41. The summed E-state index contributed by atoms with van der Waals surface area (Å²) in [6.07, 6.45) is 1.89. The van der Waals surface area contributed by atoms with Crippen molar-refractivity contribution in [3.05, 3.63) is 47.1 Å². The SMILES string of the molecule is Cc1ccc(-c2csc3nc(CO)cn23)cc1. The molecule has 86 valence electrons. The molecule has 0 atom stereocenters. The van der Waals surface area contributed by atoms with Crippen molar-refractivity contribution in [2.45, 2.75) is 13.5 Å². The van der Waals surface area contributed by atoms with Crippen LogP contribution in [0.4, 0.5) is 0 Å². The fourth-order valence-corrected chi connectivity index (χ4v) is 2.74. The van der Waals surface area contributed by atoms with Crippen molar-refractivity contribution in [1.29, 1.82) is 0 Å². The third-order valence-corrected chi connectivity index (χ3v) is 3.61. The van der Waals surface area contributed by atoms with Gasteiger partial charge in [-0.25, -0.2) is 4.98 Å². The molecule has 0 fully saturated rings. The van der Waals surface area contributed by atoms with Gasteiger partial charge < -0.3 is 5.11 Å². The Balaban J connectivity index is 2.16. The van der Waals surface area contributed by atoms with Gasteiger partial charge in [0.25, 0.3) is 0 Å². The van der Waals surface area contributed by atoms with Gasteiger partial charge in [0.05, 0.1) is 18.0 Å². The minimum Gasteiger partial charge on any atom is -0.390 e. The molecular weight excluding hydrogens is 232 g/mol. The van der Waals surface area contributed by atoms with Crippen molar-refractivity contribution < 1.29 is 5.11 Å². The van der Waals surface area contributed by atoms with Gasteiger partial charge in [-0.3, -0.25) is 4.40 Å².